The fourth-order valence-corrected chi connectivity index (χ4v) is 3.16. The molecule has 2 aromatic rings. The summed E-state index contributed by atoms with van der Waals surface area (Å²) in [6.45, 7) is 5.45. The lowest BCUT2D eigenvalue weighted by Gasteiger charge is -2.30. The van der Waals surface area contributed by atoms with Gasteiger partial charge in [0.1, 0.15) is 0 Å². The van der Waals surface area contributed by atoms with E-state index in [0.717, 1.165) is 5.56 Å². The molecule has 1 aliphatic heterocycles. The van der Waals surface area contributed by atoms with Crippen molar-refractivity contribution in [1.29, 1.82) is 0 Å². The highest BCUT2D eigenvalue weighted by Crippen LogP contribution is 2.39. The van der Waals surface area contributed by atoms with Crippen molar-refractivity contribution in [3.8, 4) is 0 Å². The molecule has 1 aliphatic rings. The minimum absolute atomic E-state index is 0.102. The van der Waals surface area contributed by atoms with Gasteiger partial charge in [-0.3, -0.25) is 0 Å². The molecule has 1 atom stereocenters. The van der Waals surface area contributed by atoms with Crippen molar-refractivity contribution in [3.63, 3.8) is 0 Å². The number of aryl methyl sites for hydroxylation is 1. The van der Waals surface area contributed by atoms with Crippen LogP contribution in [0.5, 0.6) is 0 Å². The van der Waals surface area contributed by atoms with Crippen molar-refractivity contribution in [1.82, 2.24) is 0 Å². The molecule has 3 heteroatoms. The first kappa shape index (κ1) is 13.1. The first-order chi connectivity index (χ1) is 9.12. The van der Waals surface area contributed by atoms with Gasteiger partial charge in [-0.1, -0.05) is 51.8 Å². The van der Waals surface area contributed by atoms with E-state index in [1.54, 1.807) is 0 Å². The zero-order chi connectivity index (χ0) is 13.5. The van der Waals surface area contributed by atoms with Crippen LogP contribution in [0.2, 0.25) is 0 Å². The molecule has 2 nitrogen and oxygen atoms in total. The van der Waals surface area contributed by atoms with Gasteiger partial charge in [0, 0.05) is 5.56 Å². The van der Waals surface area contributed by atoms with Gasteiger partial charge in [0.05, 0.1) is 18.0 Å². The molecule has 1 heterocycles. The van der Waals surface area contributed by atoms with Crippen LogP contribution in [0.3, 0.4) is 0 Å². The summed E-state index contributed by atoms with van der Waals surface area (Å²) in [5.74, 6) is -0.654. The Morgan fingerprint density at radius 3 is 2.37 bits per heavy atom. The highest BCUT2D eigenvalue weighted by Gasteiger charge is 2.42. The molecule has 0 radical (unpaired) electrons. The minimum Gasteiger partial charge on any atom is -0.343 e. The molecule has 1 saturated heterocycles. The van der Waals surface area contributed by atoms with E-state index in [-0.39, 0.29) is 4.83 Å². The zero-order valence-corrected chi connectivity index (χ0v) is 12.7. The number of benzene rings is 2. The average molecular weight is 321 g/mol. The summed E-state index contributed by atoms with van der Waals surface area (Å²) < 4.78 is 11.8. The van der Waals surface area contributed by atoms with Crippen molar-refractivity contribution in [2.45, 2.75) is 24.5 Å². The van der Waals surface area contributed by atoms with Crippen LogP contribution in [0.15, 0.2) is 36.4 Å². The molecule has 3 rings (SSSR count). The van der Waals surface area contributed by atoms with Crippen molar-refractivity contribution < 1.29 is 9.47 Å². The Morgan fingerprint density at radius 1 is 1.05 bits per heavy atom. The predicted molar refractivity (Wildman–Crippen MR) is 80.7 cm³/mol. The van der Waals surface area contributed by atoms with E-state index >= 15 is 0 Å². The number of hydrogen-bond donors (Lipinski definition) is 0. The van der Waals surface area contributed by atoms with Crippen LogP contribution in [0.25, 0.3) is 10.8 Å². The maximum Gasteiger partial charge on any atom is 0.207 e. The lowest BCUT2D eigenvalue weighted by molar-refractivity contribution is -0.161. The highest BCUT2D eigenvalue weighted by molar-refractivity contribution is 9.09. The van der Waals surface area contributed by atoms with Gasteiger partial charge in [0.25, 0.3) is 0 Å². The van der Waals surface area contributed by atoms with Crippen LogP contribution < -0.4 is 0 Å². The summed E-state index contributed by atoms with van der Waals surface area (Å²) in [4.78, 5) is 0.102. The van der Waals surface area contributed by atoms with Crippen LogP contribution in [0.4, 0.5) is 0 Å². The van der Waals surface area contributed by atoms with Crippen molar-refractivity contribution in [3.05, 3.63) is 47.5 Å². The number of rotatable bonds is 2. The second-order valence-electron chi connectivity index (χ2n) is 5.05. The molecule has 0 amide bonds. The number of fused-ring (bicyclic) bond motifs is 1. The van der Waals surface area contributed by atoms with Gasteiger partial charge >= 0.3 is 0 Å². The minimum atomic E-state index is -0.654. The van der Waals surface area contributed by atoms with Crippen molar-refractivity contribution in [2.24, 2.45) is 0 Å². The quantitative estimate of drug-likeness (QED) is 0.774. The Morgan fingerprint density at radius 2 is 1.68 bits per heavy atom. The molecule has 0 saturated carbocycles. The summed E-state index contributed by atoms with van der Waals surface area (Å²) >= 11 is 3.62. The van der Waals surface area contributed by atoms with E-state index in [0.29, 0.717) is 13.2 Å². The van der Waals surface area contributed by atoms with Gasteiger partial charge in [0.15, 0.2) is 0 Å². The number of alkyl halides is 1. The largest absolute Gasteiger partial charge is 0.343 e. The summed E-state index contributed by atoms with van der Waals surface area (Å²) in [6.07, 6.45) is 0. The summed E-state index contributed by atoms with van der Waals surface area (Å²) in [7, 11) is 0. The van der Waals surface area contributed by atoms with Gasteiger partial charge < -0.3 is 9.47 Å². The zero-order valence-electron chi connectivity index (χ0n) is 11.2. The third-order valence-electron chi connectivity index (χ3n) is 3.64. The first-order valence-electron chi connectivity index (χ1n) is 6.55. The van der Waals surface area contributed by atoms with Crippen molar-refractivity contribution in [2.75, 3.05) is 13.2 Å². The van der Waals surface area contributed by atoms with Crippen LogP contribution in [-0.4, -0.2) is 18.0 Å². The summed E-state index contributed by atoms with van der Waals surface area (Å²) in [5, 5.41) is 2.47. The van der Waals surface area contributed by atoms with E-state index in [4.69, 9.17) is 9.47 Å². The molecule has 0 bridgehead atoms. The van der Waals surface area contributed by atoms with Crippen LogP contribution >= 0.6 is 15.9 Å². The maximum atomic E-state index is 5.89. The molecular weight excluding hydrogens is 304 g/mol. The average Bonchev–Trinajstić information content (AvgIpc) is 2.88. The lowest BCUT2D eigenvalue weighted by Crippen LogP contribution is -2.35. The Kier molecular flexibility index (Phi) is 3.37. The SMILES string of the molecule is Cc1ccc2cc(C3(C(C)Br)OCCO3)ccc2c1. The predicted octanol–water partition coefficient (Wildman–Crippen LogP) is 4.13. The van der Waals surface area contributed by atoms with E-state index < -0.39 is 5.79 Å². The standard InChI is InChI=1S/C16H17BrO2/c1-11-3-4-14-10-15(6-5-13(14)9-11)16(12(2)17)18-7-8-19-16/h3-6,9-10,12H,7-8H2,1-2H3. The molecule has 1 fully saturated rings. The highest BCUT2D eigenvalue weighted by atomic mass is 79.9. The van der Waals surface area contributed by atoms with E-state index in [2.05, 4.69) is 66.2 Å². The molecule has 0 N–H and O–H groups in total. The number of hydrogen-bond acceptors (Lipinski definition) is 2. The van der Waals surface area contributed by atoms with Crippen LogP contribution in [0, 0.1) is 6.92 Å². The summed E-state index contributed by atoms with van der Waals surface area (Å²) in [5.41, 5.74) is 2.35. The maximum absolute atomic E-state index is 5.89. The van der Waals surface area contributed by atoms with E-state index in [9.17, 15) is 0 Å². The third kappa shape index (κ3) is 2.20. The lowest BCUT2D eigenvalue weighted by atomic mass is 9.98. The monoisotopic (exact) mass is 320 g/mol. The molecule has 0 aromatic heterocycles. The third-order valence-corrected chi connectivity index (χ3v) is 4.24. The van der Waals surface area contributed by atoms with Gasteiger partial charge in [-0.2, -0.15) is 0 Å². The smallest absolute Gasteiger partial charge is 0.207 e. The van der Waals surface area contributed by atoms with Crippen molar-refractivity contribution >= 4 is 26.7 Å². The Balaban J connectivity index is 2.12. The fourth-order valence-electron chi connectivity index (χ4n) is 2.64. The molecule has 0 aliphatic carbocycles. The normalized spacial score (nSPS) is 19.7. The molecular formula is C16H17BrO2. The van der Waals surface area contributed by atoms with E-state index in [1.165, 1.54) is 16.3 Å². The Labute approximate surface area is 121 Å². The molecule has 1 unspecified atom stereocenters. The topological polar surface area (TPSA) is 18.5 Å². The molecule has 19 heavy (non-hydrogen) atoms. The Hall–Kier alpha value is -0.900. The van der Waals surface area contributed by atoms with Gasteiger partial charge in [-0.15, -0.1) is 0 Å². The second kappa shape index (κ2) is 4.89. The van der Waals surface area contributed by atoms with Gasteiger partial charge in [-0.05, 0) is 30.7 Å². The van der Waals surface area contributed by atoms with Gasteiger partial charge in [-0.25, -0.2) is 0 Å². The summed E-state index contributed by atoms with van der Waals surface area (Å²) in [6, 6.07) is 12.9. The molecule has 0 spiro atoms. The Bertz CT molecular complexity index is 601. The van der Waals surface area contributed by atoms with Crippen LogP contribution in [-0.2, 0) is 15.3 Å². The number of ether oxygens (including phenoxy) is 2. The first-order valence-corrected chi connectivity index (χ1v) is 7.46. The second-order valence-corrected chi connectivity index (χ2v) is 6.42. The molecule has 2 aromatic carbocycles. The van der Waals surface area contributed by atoms with Crippen LogP contribution in [0.1, 0.15) is 18.1 Å². The van der Waals surface area contributed by atoms with E-state index in [1.807, 2.05) is 0 Å². The number of halogens is 1. The fraction of sp³-hybridized carbons (Fsp3) is 0.375. The van der Waals surface area contributed by atoms with Gasteiger partial charge in [0.2, 0.25) is 5.79 Å². The molecule has 100 valence electrons.